The lowest BCUT2D eigenvalue weighted by molar-refractivity contribution is 0.185. The first-order chi connectivity index (χ1) is 7.33. The maximum Gasteiger partial charge on any atom is 0.140 e. The van der Waals surface area contributed by atoms with E-state index in [9.17, 15) is 5.11 Å². The van der Waals surface area contributed by atoms with E-state index < -0.39 is 6.10 Å². The SMILES string of the molecule is COc1ccccc1C(O)c1ccco1. The van der Waals surface area contributed by atoms with Gasteiger partial charge in [0.05, 0.1) is 13.4 Å². The summed E-state index contributed by atoms with van der Waals surface area (Å²) in [4.78, 5) is 0. The molecular formula is C12H12O3. The molecule has 0 saturated heterocycles. The average Bonchev–Trinajstić information content (AvgIpc) is 2.81. The molecule has 0 spiro atoms. The molecular weight excluding hydrogens is 192 g/mol. The predicted molar refractivity (Wildman–Crippen MR) is 55.8 cm³/mol. The molecule has 0 amide bonds. The summed E-state index contributed by atoms with van der Waals surface area (Å²) in [7, 11) is 1.58. The molecule has 1 N–H and O–H groups in total. The maximum absolute atomic E-state index is 10.0. The van der Waals surface area contributed by atoms with Crippen LogP contribution in [0.5, 0.6) is 5.75 Å². The Hall–Kier alpha value is -1.74. The van der Waals surface area contributed by atoms with Crippen molar-refractivity contribution < 1.29 is 14.3 Å². The molecule has 0 saturated carbocycles. The fourth-order valence-electron chi connectivity index (χ4n) is 1.49. The number of aliphatic hydroxyl groups excluding tert-OH is 1. The number of para-hydroxylation sites is 1. The molecule has 3 nitrogen and oxygen atoms in total. The third-order valence-electron chi connectivity index (χ3n) is 2.25. The minimum Gasteiger partial charge on any atom is -0.496 e. The monoisotopic (exact) mass is 204 g/mol. The molecule has 3 heteroatoms. The van der Waals surface area contributed by atoms with E-state index in [1.165, 1.54) is 6.26 Å². The molecule has 0 aliphatic heterocycles. The number of furan rings is 1. The summed E-state index contributed by atoms with van der Waals surface area (Å²) < 4.78 is 10.3. The van der Waals surface area contributed by atoms with Crippen LogP contribution in [0.15, 0.2) is 47.1 Å². The highest BCUT2D eigenvalue weighted by atomic mass is 16.5. The van der Waals surface area contributed by atoms with Crippen LogP contribution < -0.4 is 4.74 Å². The summed E-state index contributed by atoms with van der Waals surface area (Å²) in [6, 6.07) is 10.8. The molecule has 1 unspecified atom stereocenters. The van der Waals surface area contributed by atoms with E-state index in [-0.39, 0.29) is 0 Å². The molecule has 15 heavy (non-hydrogen) atoms. The Bertz CT molecular complexity index is 420. The van der Waals surface area contributed by atoms with Crippen LogP contribution in [0.2, 0.25) is 0 Å². The fourth-order valence-corrected chi connectivity index (χ4v) is 1.49. The van der Waals surface area contributed by atoms with Gasteiger partial charge in [0.25, 0.3) is 0 Å². The van der Waals surface area contributed by atoms with E-state index >= 15 is 0 Å². The van der Waals surface area contributed by atoms with Gasteiger partial charge in [-0.05, 0) is 18.2 Å². The quantitative estimate of drug-likeness (QED) is 0.834. The largest absolute Gasteiger partial charge is 0.496 e. The number of ether oxygens (including phenoxy) is 1. The number of rotatable bonds is 3. The van der Waals surface area contributed by atoms with Crippen molar-refractivity contribution in [3.05, 3.63) is 54.0 Å². The first kappa shape index (κ1) is 9.80. The molecule has 0 fully saturated rings. The topological polar surface area (TPSA) is 42.6 Å². The van der Waals surface area contributed by atoms with Gasteiger partial charge in [0.1, 0.15) is 17.6 Å². The van der Waals surface area contributed by atoms with Gasteiger partial charge >= 0.3 is 0 Å². The molecule has 78 valence electrons. The van der Waals surface area contributed by atoms with Crippen LogP contribution >= 0.6 is 0 Å². The van der Waals surface area contributed by atoms with Crippen molar-refractivity contribution in [2.75, 3.05) is 7.11 Å². The Kier molecular flexibility index (Phi) is 2.74. The highest BCUT2D eigenvalue weighted by molar-refractivity contribution is 5.38. The third-order valence-corrected chi connectivity index (χ3v) is 2.25. The summed E-state index contributed by atoms with van der Waals surface area (Å²) in [6.45, 7) is 0. The average molecular weight is 204 g/mol. The number of hydrogen-bond donors (Lipinski definition) is 1. The number of benzene rings is 1. The molecule has 2 rings (SSSR count). The van der Waals surface area contributed by atoms with Gasteiger partial charge < -0.3 is 14.3 Å². The first-order valence-electron chi connectivity index (χ1n) is 4.67. The molecule has 1 aromatic heterocycles. The Morgan fingerprint density at radius 3 is 2.67 bits per heavy atom. The van der Waals surface area contributed by atoms with Crippen molar-refractivity contribution in [2.45, 2.75) is 6.10 Å². The standard InChI is InChI=1S/C12H12O3/c1-14-10-6-3-2-5-9(10)12(13)11-7-4-8-15-11/h2-8,12-13H,1H3. The van der Waals surface area contributed by atoms with Gasteiger partial charge in [-0.2, -0.15) is 0 Å². The molecule has 1 aromatic carbocycles. The maximum atomic E-state index is 10.0. The predicted octanol–water partition coefficient (Wildman–Crippen LogP) is 2.37. The number of hydrogen-bond acceptors (Lipinski definition) is 3. The summed E-state index contributed by atoms with van der Waals surface area (Å²) in [5, 5.41) is 10.0. The van der Waals surface area contributed by atoms with Crippen molar-refractivity contribution in [1.29, 1.82) is 0 Å². The van der Waals surface area contributed by atoms with Crippen LogP contribution in [-0.4, -0.2) is 12.2 Å². The summed E-state index contributed by atoms with van der Waals surface area (Å²) in [5.41, 5.74) is 0.704. The lowest BCUT2D eigenvalue weighted by Crippen LogP contribution is -2.00. The minimum atomic E-state index is -0.781. The second-order valence-electron chi connectivity index (χ2n) is 3.16. The number of aliphatic hydroxyl groups is 1. The minimum absolute atomic E-state index is 0.513. The van der Waals surface area contributed by atoms with Crippen molar-refractivity contribution in [2.24, 2.45) is 0 Å². The van der Waals surface area contributed by atoms with E-state index in [0.717, 1.165) is 0 Å². The fraction of sp³-hybridized carbons (Fsp3) is 0.167. The summed E-state index contributed by atoms with van der Waals surface area (Å²) in [5.74, 6) is 1.17. The zero-order valence-electron chi connectivity index (χ0n) is 8.38. The van der Waals surface area contributed by atoms with E-state index in [0.29, 0.717) is 17.1 Å². The van der Waals surface area contributed by atoms with E-state index in [1.807, 2.05) is 24.3 Å². The van der Waals surface area contributed by atoms with E-state index in [1.54, 1.807) is 19.2 Å². The Labute approximate surface area is 87.9 Å². The van der Waals surface area contributed by atoms with Crippen LogP contribution in [0.1, 0.15) is 17.4 Å². The smallest absolute Gasteiger partial charge is 0.140 e. The van der Waals surface area contributed by atoms with Gasteiger partial charge in [0.15, 0.2) is 0 Å². The Morgan fingerprint density at radius 2 is 2.00 bits per heavy atom. The molecule has 0 radical (unpaired) electrons. The van der Waals surface area contributed by atoms with Gasteiger partial charge in [-0.25, -0.2) is 0 Å². The van der Waals surface area contributed by atoms with Crippen molar-refractivity contribution in [3.63, 3.8) is 0 Å². The summed E-state index contributed by atoms with van der Waals surface area (Å²) >= 11 is 0. The third kappa shape index (κ3) is 1.87. The van der Waals surface area contributed by atoms with Gasteiger partial charge in [-0.1, -0.05) is 18.2 Å². The highest BCUT2D eigenvalue weighted by Crippen LogP contribution is 2.29. The van der Waals surface area contributed by atoms with Crippen molar-refractivity contribution in [1.82, 2.24) is 0 Å². The van der Waals surface area contributed by atoms with Crippen molar-refractivity contribution in [3.8, 4) is 5.75 Å². The Morgan fingerprint density at radius 1 is 1.20 bits per heavy atom. The van der Waals surface area contributed by atoms with Crippen LogP contribution in [0.3, 0.4) is 0 Å². The second kappa shape index (κ2) is 4.19. The zero-order chi connectivity index (χ0) is 10.7. The van der Waals surface area contributed by atoms with Gasteiger partial charge in [-0.15, -0.1) is 0 Å². The van der Waals surface area contributed by atoms with Crippen molar-refractivity contribution >= 4 is 0 Å². The van der Waals surface area contributed by atoms with E-state index in [2.05, 4.69) is 0 Å². The lowest BCUT2D eigenvalue weighted by Gasteiger charge is -2.12. The van der Waals surface area contributed by atoms with Crippen LogP contribution in [0.25, 0.3) is 0 Å². The molecule has 1 atom stereocenters. The van der Waals surface area contributed by atoms with Gasteiger partial charge in [0, 0.05) is 5.56 Å². The lowest BCUT2D eigenvalue weighted by atomic mass is 10.1. The van der Waals surface area contributed by atoms with Crippen LogP contribution in [-0.2, 0) is 0 Å². The molecule has 0 bridgehead atoms. The summed E-state index contributed by atoms with van der Waals surface area (Å²) in [6.07, 6.45) is 0.754. The number of methoxy groups -OCH3 is 1. The molecule has 1 heterocycles. The van der Waals surface area contributed by atoms with Gasteiger partial charge in [0.2, 0.25) is 0 Å². The normalized spacial score (nSPS) is 12.4. The van der Waals surface area contributed by atoms with Crippen LogP contribution in [0.4, 0.5) is 0 Å². The van der Waals surface area contributed by atoms with Gasteiger partial charge in [-0.3, -0.25) is 0 Å². The Balaban J connectivity index is 2.37. The van der Waals surface area contributed by atoms with Crippen LogP contribution in [0, 0.1) is 0 Å². The molecule has 0 aliphatic rings. The molecule has 0 aliphatic carbocycles. The van der Waals surface area contributed by atoms with E-state index in [4.69, 9.17) is 9.15 Å². The molecule has 2 aromatic rings. The second-order valence-corrected chi connectivity index (χ2v) is 3.16. The zero-order valence-corrected chi connectivity index (χ0v) is 8.38. The highest BCUT2D eigenvalue weighted by Gasteiger charge is 2.16. The first-order valence-corrected chi connectivity index (χ1v) is 4.67.